The maximum Gasteiger partial charge on any atom is 0.307 e. The van der Waals surface area contributed by atoms with E-state index in [-0.39, 0.29) is 83.7 Å². The first kappa shape index (κ1) is 66.8. The lowest BCUT2D eigenvalue weighted by molar-refractivity contribution is -0.136. The van der Waals surface area contributed by atoms with E-state index in [1.165, 1.54) is 36.4 Å². The molecule has 0 aliphatic carbocycles. The molecule has 0 spiro atoms. The highest BCUT2D eigenvalue weighted by molar-refractivity contribution is 7.90. The van der Waals surface area contributed by atoms with Gasteiger partial charge in [0.1, 0.15) is 17.5 Å². The highest BCUT2D eigenvalue weighted by atomic mass is 35.5. The number of amides is 1. The van der Waals surface area contributed by atoms with Crippen molar-refractivity contribution in [3.8, 4) is 0 Å². The Kier molecular flexibility index (Phi) is 27.9. The molecule has 0 aliphatic heterocycles. The van der Waals surface area contributed by atoms with Crippen molar-refractivity contribution in [3.05, 3.63) is 176 Å². The fourth-order valence-electron chi connectivity index (χ4n) is 8.69. The number of benzene rings is 5. The molecule has 5 rings (SSSR count). The van der Waals surface area contributed by atoms with E-state index in [0.717, 1.165) is 62.1 Å². The summed E-state index contributed by atoms with van der Waals surface area (Å²) in [5.41, 5.74) is 9.41. The van der Waals surface area contributed by atoms with E-state index in [4.69, 9.17) is 21.8 Å². The minimum Gasteiger partial charge on any atom is -0.481 e. The second-order valence-electron chi connectivity index (χ2n) is 20.8. The second-order valence-corrected chi connectivity index (χ2v) is 24.8. The first-order valence-corrected chi connectivity index (χ1v) is 29.5. The van der Waals surface area contributed by atoms with Gasteiger partial charge in [-0.25, -0.2) is 35.1 Å². The average molecular weight is 1110 g/mol. The Morgan fingerprint density at radius 2 is 0.789 bits per heavy atom. The van der Waals surface area contributed by atoms with Gasteiger partial charge in [-0.05, 0) is 170 Å². The van der Waals surface area contributed by atoms with Crippen LogP contribution in [-0.4, -0.2) is 50.6 Å². The van der Waals surface area contributed by atoms with E-state index in [0.29, 0.717) is 24.8 Å². The van der Waals surface area contributed by atoms with Crippen molar-refractivity contribution >= 4 is 48.8 Å². The monoisotopic (exact) mass is 1110 g/mol. The molecule has 76 heavy (non-hydrogen) atoms. The third-order valence-corrected chi connectivity index (χ3v) is 14.6. The zero-order valence-corrected chi connectivity index (χ0v) is 48.7. The highest BCUT2D eigenvalue weighted by Crippen LogP contribution is 2.32. The predicted octanol–water partition coefficient (Wildman–Crippen LogP) is 13.7. The summed E-state index contributed by atoms with van der Waals surface area (Å²) in [4.78, 5) is 34.5. The molecule has 0 aromatic heterocycles. The molecule has 0 atom stereocenters. The molecular weight excluding hydrogens is 1030 g/mol. The average Bonchev–Trinajstić information content (AvgIpc) is 3.30. The van der Waals surface area contributed by atoms with Crippen LogP contribution in [0.3, 0.4) is 0 Å². The lowest BCUT2D eigenvalue weighted by Crippen LogP contribution is -2.34. The molecule has 418 valence electrons. The van der Waals surface area contributed by atoms with Gasteiger partial charge in [-0.15, -0.1) is 0 Å². The maximum absolute atomic E-state index is 14.0. The number of hydrogen-bond acceptors (Lipinski definition) is 7. The van der Waals surface area contributed by atoms with Crippen LogP contribution in [0.4, 0.5) is 13.2 Å². The van der Waals surface area contributed by atoms with Crippen LogP contribution < -0.4 is 9.86 Å². The van der Waals surface area contributed by atoms with Gasteiger partial charge in [0.2, 0.25) is 31.2 Å². The number of rotatable bonds is 21. The quantitative estimate of drug-likeness (QED) is 0.0608. The summed E-state index contributed by atoms with van der Waals surface area (Å²) in [5.74, 6) is -1.75. The first-order valence-electron chi connectivity index (χ1n) is 25.8. The number of carboxylic acid groups (broad SMARTS) is 1. The molecular formula is C60H80ClF3N2O8S2. The van der Waals surface area contributed by atoms with Gasteiger partial charge in [0.25, 0.3) is 0 Å². The van der Waals surface area contributed by atoms with Gasteiger partial charge < -0.3 is 5.11 Å². The Balaban J connectivity index is 0.000000365. The van der Waals surface area contributed by atoms with Gasteiger partial charge in [-0.3, -0.25) is 19.1 Å². The van der Waals surface area contributed by atoms with Crippen molar-refractivity contribution < 1.29 is 49.5 Å². The Bertz CT molecular complexity index is 2720. The highest BCUT2D eigenvalue weighted by Gasteiger charge is 2.23. The number of nitrogens with two attached hydrogens (primary N) is 1. The van der Waals surface area contributed by atoms with Gasteiger partial charge in [-0.2, -0.15) is 0 Å². The molecule has 0 heterocycles. The summed E-state index contributed by atoms with van der Waals surface area (Å²) >= 11 is 5.47. The third-order valence-electron chi connectivity index (χ3n) is 12.3. The molecule has 0 bridgehead atoms. The zero-order valence-electron chi connectivity index (χ0n) is 46.3. The largest absolute Gasteiger partial charge is 0.481 e. The second kappa shape index (κ2) is 31.8. The van der Waals surface area contributed by atoms with Gasteiger partial charge in [0, 0.05) is 6.42 Å². The lowest BCUT2D eigenvalue weighted by atomic mass is 9.87. The van der Waals surface area contributed by atoms with Crippen LogP contribution in [0.15, 0.2) is 97.1 Å². The maximum atomic E-state index is 14.0. The summed E-state index contributed by atoms with van der Waals surface area (Å²) in [6.07, 6.45) is 2.45. The van der Waals surface area contributed by atoms with Crippen LogP contribution >= 0.6 is 11.6 Å². The molecule has 10 nitrogen and oxygen atoms in total. The van der Waals surface area contributed by atoms with Gasteiger partial charge >= 0.3 is 5.97 Å². The van der Waals surface area contributed by atoms with Crippen LogP contribution in [-0.2, 0) is 66.5 Å². The van der Waals surface area contributed by atoms with Crippen LogP contribution in [0, 0.1) is 17.5 Å². The number of carbonyl (C=O) groups is 3. The van der Waals surface area contributed by atoms with E-state index in [9.17, 15) is 44.4 Å². The minimum absolute atomic E-state index is 0.0217. The molecule has 16 heteroatoms. The number of hydrogen-bond donors (Lipinski definition) is 3. The molecule has 0 radical (unpaired) electrons. The number of sulfonamides is 2. The summed E-state index contributed by atoms with van der Waals surface area (Å²) in [6, 6.07) is 28.2. The first-order chi connectivity index (χ1) is 35.3. The van der Waals surface area contributed by atoms with Gasteiger partial charge in [-0.1, -0.05) is 144 Å². The Morgan fingerprint density at radius 3 is 1.07 bits per heavy atom. The van der Waals surface area contributed by atoms with Crippen molar-refractivity contribution in [2.75, 3.05) is 11.5 Å². The number of carbonyl (C=O) groups excluding carboxylic acids is 2. The van der Waals surface area contributed by atoms with Crippen LogP contribution in [0.25, 0.3) is 0 Å². The molecule has 1 amide bonds. The van der Waals surface area contributed by atoms with Crippen molar-refractivity contribution in [2.24, 2.45) is 5.14 Å². The number of aliphatic carboxylic acids is 1. The molecule has 0 unspecified atom stereocenters. The lowest BCUT2D eigenvalue weighted by Gasteiger charge is -2.20. The third kappa shape index (κ3) is 24.3. The summed E-state index contributed by atoms with van der Waals surface area (Å²) in [6.45, 7) is 23.5. The standard InChI is InChI=1S/C23H30FNO3S.C14H18ClFO.C14H19FO2.C9H13NO2S/c1-16(2)20-13-19(24)14-21(17(3)4)22(20)15-23(26)25-29(27,28)12-8-11-18-9-6-5-7-10-18;1-8(2)11-5-10(16)6-12(9(3)4)13(11)7-14(15)17;1-8(2)11-5-10(15)6-12(9(3)4)13(11)7-14(16)17;10-13(11,12)8-4-7-9-5-2-1-3-6-9/h5-7,9-10,13-14,16-17H,8,11-12,15H2,1-4H3,(H,25,26);5-6,8-9H,7H2,1-4H3;5-6,8-9H,7H2,1-4H3,(H,16,17);1-3,5-6H,4,7-8H2,(H2,10,11,12). The molecule has 5 aromatic rings. The number of carboxylic acids is 1. The molecule has 0 aliphatic rings. The van der Waals surface area contributed by atoms with Gasteiger partial charge in [0.05, 0.1) is 24.3 Å². The topological polar surface area (TPSA) is 178 Å². The summed E-state index contributed by atoms with van der Waals surface area (Å²) in [7, 11) is -7.01. The smallest absolute Gasteiger partial charge is 0.307 e. The SMILES string of the molecule is CC(C)c1cc(F)cc(C(C)C)c1CC(=O)Cl.CC(C)c1cc(F)cc(C(C)C)c1CC(=O)NS(=O)(=O)CCCc1ccccc1.CC(C)c1cc(F)cc(C(C)C)c1CC(=O)O.NS(=O)(=O)CCCc1ccccc1. The predicted molar refractivity (Wildman–Crippen MR) is 303 cm³/mol. The van der Waals surface area contributed by atoms with E-state index in [2.05, 4.69) is 4.72 Å². The molecule has 0 saturated carbocycles. The van der Waals surface area contributed by atoms with Crippen LogP contribution in [0.2, 0.25) is 0 Å². The van der Waals surface area contributed by atoms with Gasteiger partial charge in [0.15, 0.2) is 0 Å². The van der Waals surface area contributed by atoms with E-state index in [1.807, 2.05) is 144 Å². The minimum atomic E-state index is -3.72. The van der Waals surface area contributed by atoms with Crippen LogP contribution in [0.1, 0.15) is 193 Å². The Hall–Kier alpha value is -5.35. The van der Waals surface area contributed by atoms with Crippen molar-refractivity contribution in [1.82, 2.24) is 4.72 Å². The molecule has 4 N–H and O–H groups in total. The van der Waals surface area contributed by atoms with Crippen molar-refractivity contribution in [2.45, 2.75) is 164 Å². The van der Waals surface area contributed by atoms with E-state index < -0.39 is 37.2 Å². The summed E-state index contributed by atoms with van der Waals surface area (Å²) in [5, 5.41) is 13.4. The van der Waals surface area contributed by atoms with Crippen LogP contribution in [0.5, 0.6) is 0 Å². The Morgan fingerprint density at radius 1 is 0.500 bits per heavy atom. The normalized spacial score (nSPS) is 11.5. The number of aryl methyl sites for hydroxylation is 2. The molecule has 0 saturated heterocycles. The van der Waals surface area contributed by atoms with Crippen molar-refractivity contribution in [3.63, 3.8) is 0 Å². The van der Waals surface area contributed by atoms with E-state index >= 15 is 0 Å². The van der Waals surface area contributed by atoms with E-state index in [1.54, 1.807) is 0 Å². The fourth-order valence-corrected chi connectivity index (χ4v) is 10.4. The number of nitrogens with one attached hydrogen (secondary N) is 1. The Labute approximate surface area is 456 Å². The fraction of sp³-hybridized carbons (Fsp3) is 0.450. The number of primary sulfonamides is 1. The molecule has 5 aromatic carbocycles. The molecule has 0 fully saturated rings. The number of halogens is 4. The summed E-state index contributed by atoms with van der Waals surface area (Å²) < 4.78 is 89.1. The van der Waals surface area contributed by atoms with Crippen molar-refractivity contribution in [1.29, 1.82) is 0 Å². The zero-order chi connectivity index (χ0) is 57.7.